The molecular weight excluding hydrogens is 326 g/mol. The Balaban J connectivity index is 2.78. The van der Waals surface area contributed by atoms with E-state index in [9.17, 15) is 4.79 Å². The van der Waals surface area contributed by atoms with E-state index < -0.39 is 0 Å². The molecule has 0 saturated heterocycles. The molecule has 1 heterocycles. The molecule has 0 fully saturated rings. The van der Waals surface area contributed by atoms with Crippen LogP contribution in [0.3, 0.4) is 0 Å². The fourth-order valence-electron chi connectivity index (χ4n) is 1.68. The standard InChI is InChI=1S/C13H22BrN3O3/c1-5-20-13(2,3)9-15-10-8-16-17(6-7-19-4)12(18)11(10)14/h8,15H,5-7,9H2,1-4H3. The average Bonchev–Trinajstić information content (AvgIpc) is 2.39. The number of hydrogen-bond donors (Lipinski definition) is 1. The molecule has 0 atom stereocenters. The zero-order valence-electron chi connectivity index (χ0n) is 12.4. The van der Waals surface area contributed by atoms with Gasteiger partial charge in [0.25, 0.3) is 5.56 Å². The minimum absolute atomic E-state index is 0.179. The van der Waals surface area contributed by atoms with Crippen molar-refractivity contribution in [2.45, 2.75) is 32.9 Å². The summed E-state index contributed by atoms with van der Waals surface area (Å²) in [5.74, 6) is 0. The second-order valence-electron chi connectivity index (χ2n) is 4.94. The first-order valence-electron chi connectivity index (χ1n) is 6.53. The van der Waals surface area contributed by atoms with Crippen molar-refractivity contribution in [3.8, 4) is 0 Å². The van der Waals surface area contributed by atoms with E-state index in [-0.39, 0.29) is 11.2 Å². The highest BCUT2D eigenvalue weighted by Crippen LogP contribution is 2.18. The van der Waals surface area contributed by atoms with Crippen molar-refractivity contribution in [2.24, 2.45) is 0 Å². The number of halogens is 1. The Kier molecular flexibility index (Phi) is 6.64. The van der Waals surface area contributed by atoms with Gasteiger partial charge >= 0.3 is 0 Å². The highest BCUT2D eigenvalue weighted by atomic mass is 79.9. The normalized spacial score (nSPS) is 11.7. The first-order chi connectivity index (χ1) is 9.41. The second-order valence-corrected chi connectivity index (χ2v) is 5.73. The van der Waals surface area contributed by atoms with Crippen LogP contribution in [0, 0.1) is 0 Å². The van der Waals surface area contributed by atoms with Crippen LogP contribution in [0.1, 0.15) is 20.8 Å². The molecule has 6 nitrogen and oxygen atoms in total. The van der Waals surface area contributed by atoms with Gasteiger partial charge in [-0.25, -0.2) is 4.68 Å². The van der Waals surface area contributed by atoms with Gasteiger partial charge in [0.05, 0.1) is 30.6 Å². The molecule has 0 bridgehead atoms. The molecule has 0 aliphatic carbocycles. The maximum atomic E-state index is 12.1. The molecule has 7 heteroatoms. The average molecular weight is 348 g/mol. The van der Waals surface area contributed by atoms with Gasteiger partial charge in [0, 0.05) is 20.3 Å². The van der Waals surface area contributed by atoms with Gasteiger partial charge < -0.3 is 14.8 Å². The number of nitrogens with zero attached hydrogens (tertiary/aromatic N) is 2. The minimum Gasteiger partial charge on any atom is -0.383 e. The quantitative estimate of drug-likeness (QED) is 0.777. The molecule has 1 aromatic rings. The van der Waals surface area contributed by atoms with Gasteiger partial charge in [-0.15, -0.1) is 0 Å². The third-order valence-corrected chi connectivity index (χ3v) is 3.50. The van der Waals surface area contributed by atoms with Crippen molar-refractivity contribution in [3.63, 3.8) is 0 Å². The molecule has 0 aromatic carbocycles. The van der Waals surface area contributed by atoms with E-state index >= 15 is 0 Å². The summed E-state index contributed by atoms with van der Waals surface area (Å²) < 4.78 is 12.4. The van der Waals surface area contributed by atoms with Gasteiger partial charge in [-0.1, -0.05) is 0 Å². The fraction of sp³-hybridized carbons (Fsp3) is 0.692. The van der Waals surface area contributed by atoms with Gasteiger partial charge in [-0.3, -0.25) is 4.79 Å². The smallest absolute Gasteiger partial charge is 0.283 e. The van der Waals surface area contributed by atoms with Crippen LogP contribution in [0.2, 0.25) is 0 Å². The molecule has 20 heavy (non-hydrogen) atoms. The van der Waals surface area contributed by atoms with E-state index in [2.05, 4.69) is 26.3 Å². The number of hydrogen-bond acceptors (Lipinski definition) is 5. The van der Waals surface area contributed by atoms with Crippen LogP contribution in [-0.4, -0.2) is 42.2 Å². The molecule has 0 saturated carbocycles. The molecule has 0 radical (unpaired) electrons. The SMILES string of the molecule is CCOC(C)(C)CNc1cnn(CCOC)c(=O)c1Br. The number of aromatic nitrogens is 2. The van der Waals surface area contributed by atoms with E-state index in [1.54, 1.807) is 13.3 Å². The van der Waals surface area contributed by atoms with Crippen molar-refractivity contribution < 1.29 is 9.47 Å². The molecule has 1 rings (SSSR count). The van der Waals surface area contributed by atoms with Gasteiger partial charge in [0.1, 0.15) is 4.47 Å². The predicted octanol–water partition coefficient (Wildman–Crippen LogP) is 1.88. The molecule has 0 aliphatic heterocycles. The molecule has 1 N–H and O–H groups in total. The lowest BCUT2D eigenvalue weighted by molar-refractivity contribution is 0.000680. The second kappa shape index (κ2) is 7.75. The van der Waals surface area contributed by atoms with Crippen molar-refractivity contribution in [2.75, 3.05) is 32.2 Å². The Hall–Kier alpha value is -0.920. The Morgan fingerprint density at radius 1 is 1.50 bits per heavy atom. The summed E-state index contributed by atoms with van der Waals surface area (Å²) in [5, 5.41) is 7.30. The Morgan fingerprint density at radius 3 is 2.80 bits per heavy atom. The van der Waals surface area contributed by atoms with Crippen molar-refractivity contribution in [1.29, 1.82) is 0 Å². The Labute approximate surface area is 127 Å². The largest absolute Gasteiger partial charge is 0.383 e. The third kappa shape index (κ3) is 4.88. The lowest BCUT2D eigenvalue weighted by atomic mass is 10.1. The first-order valence-corrected chi connectivity index (χ1v) is 7.33. The summed E-state index contributed by atoms with van der Waals surface area (Å²) in [7, 11) is 1.59. The molecule has 0 amide bonds. The first kappa shape index (κ1) is 17.1. The summed E-state index contributed by atoms with van der Waals surface area (Å²) in [5.41, 5.74) is 0.178. The lowest BCUT2D eigenvalue weighted by Gasteiger charge is -2.25. The highest BCUT2D eigenvalue weighted by Gasteiger charge is 2.18. The van der Waals surface area contributed by atoms with Crippen molar-refractivity contribution in [3.05, 3.63) is 21.0 Å². The zero-order chi connectivity index (χ0) is 15.2. The van der Waals surface area contributed by atoms with E-state index in [0.29, 0.717) is 36.5 Å². The Bertz CT molecular complexity index is 488. The van der Waals surface area contributed by atoms with E-state index in [1.165, 1.54) is 4.68 Å². The maximum absolute atomic E-state index is 12.1. The van der Waals surface area contributed by atoms with Crippen LogP contribution in [-0.2, 0) is 16.0 Å². The number of anilines is 1. The molecular formula is C13H22BrN3O3. The van der Waals surface area contributed by atoms with Crippen LogP contribution in [0.5, 0.6) is 0 Å². The number of methoxy groups -OCH3 is 1. The molecule has 114 valence electrons. The summed E-state index contributed by atoms with van der Waals surface area (Å²) in [6.45, 7) is 8.04. The molecule has 0 aliphatic rings. The van der Waals surface area contributed by atoms with Crippen molar-refractivity contribution in [1.82, 2.24) is 9.78 Å². The molecule has 0 unspecified atom stereocenters. The predicted molar refractivity (Wildman–Crippen MR) is 82.3 cm³/mol. The fourth-order valence-corrected chi connectivity index (χ4v) is 2.12. The number of nitrogens with one attached hydrogen (secondary N) is 1. The number of rotatable bonds is 8. The Morgan fingerprint density at radius 2 is 2.20 bits per heavy atom. The van der Waals surface area contributed by atoms with Crippen LogP contribution in [0.15, 0.2) is 15.5 Å². The van der Waals surface area contributed by atoms with E-state index in [4.69, 9.17) is 9.47 Å². The third-order valence-electron chi connectivity index (χ3n) is 2.73. The molecule has 1 aromatic heterocycles. The summed E-state index contributed by atoms with van der Waals surface area (Å²) in [6.07, 6.45) is 1.63. The van der Waals surface area contributed by atoms with Crippen molar-refractivity contribution >= 4 is 21.6 Å². The zero-order valence-corrected chi connectivity index (χ0v) is 14.0. The highest BCUT2D eigenvalue weighted by molar-refractivity contribution is 9.10. The summed E-state index contributed by atoms with van der Waals surface area (Å²) in [6, 6.07) is 0. The topological polar surface area (TPSA) is 65.4 Å². The number of ether oxygens (including phenoxy) is 2. The minimum atomic E-state index is -0.306. The lowest BCUT2D eigenvalue weighted by Crippen LogP contribution is -2.34. The van der Waals surface area contributed by atoms with Gasteiger partial charge in [0.2, 0.25) is 0 Å². The van der Waals surface area contributed by atoms with Crippen LogP contribution < -0.4 is 10.9 Å². The molecule has 0 spiro atoms. The summed E-state index contributed by atoms with van der Waals surface area (Å²) >= 11 is 3.31. The monoisotopic (exact) mass is 347 g/mol. The van der Waals surface area contributed by atoms with Crippen LogP contribution >= 0.6 is 15.9 Å². The van der Waals surface area contributed by atoms with E-state index in [1.807, 2.05) is 20.8 Å². The van der Waals surface area contributed by atoms with Gasteiger partial charge in [-0.05, 0) is 36.7 Å². The van der Waals surface area contributed by atoms with Gasteiger partial charge in [0.15, 0.2) is 0 Å². The van der Waals surface area contributed by atoms with Crippen LogP contribution in [0.4, 0.5) is 5.69 Å². The van der Waals surface area contributed by atoms with Gasteiger partial charge in [-0.2, -0.15) is 5.10 Å². The maximum Gasteiger partial charge on any atom is 0.283 e. The van der Waals surface area contributed by atoms with Crippen LogP contribution in [0.25, 0.3) is 0 Å². The summed E-state index contributed by atoms with van der Waals surface area (Å²) in [4.78, 5) is 12.1. The van der Waals surface area contributed by atoms with E-state index in [0.717, 1.165) is 0 Å².